The zero-order valence-electron chi connectivity index (χ0n) is 16.2. The van der Waals surface area contributed by atoms with Crippen LogP contribution in [0.1, 0.15) is 36.5 Å². The molecule has 0 bridgehead atoms. The zero-order chi connectivity index (χ0) is 19.8. The average Bonchev–Trinajstić information content (AvgIpc) is 3.02. The van der Waals surface area contributed by atoms with Crippen LogP contribution in [0.15, 0.2) is 58.7 Å². The molecule has 1 N–H and O–H groups in total. The molecule has 0 aliphatic carbocycles. The van der Waals surface area contributed by atoms with E-state index in [9.17, 15) is 4.79 Å². The minimum absolute atomic E-state index is 0.0243. The van der Waals surface area contributed by atoms with E-state index in [-0.39, 0.29) is 11.2 Å². The third-order valence-electron chi connectivity index (χ3n) is 4.30. The van der Waals surface area contributed by atoms with Crippen LogP contribution in [-0.4, -0.2) is 29.1 Å². The van der Waals surface area contributed by atoms with Crippen LogP contribution < -0.4 is 10.1 Å². The summed E-state index contributed by atoms with van der Waals surface area (Å²) in [7, 11) is 0. The SMILES string of the molecule is CCCCOc1ccccc1/C=N/N=C1\NC(=O)C(Cc2cccc(C)c2)S1. The number of para-hydroxylation sites is 1. The number of amides is 1. The number of ether oxygens (including phenoxy) is 1. The van der Waals surface area contributed by atoms with Gasteiger partial charge < -0.3 is 10.1 Å². The van der Waals surface area contributed by atoms with E-state index in [0.29, 0.717) is 18.2 Å². The Morgan fingerprint density at radius 1 is 1.21 bits per heavy atom. The second-order valence-electron chi connectivity index (χ2n) is 6.68. The predicted octanol–water partition coefficient (Wildman–Crippen LogP) is 4.34. The average molecular weight is 396 g/mol. The van der Waals surface area contributed by atoms with Crippen LogP contribution >= 0.6 is 11.8 Å². The van der Waals surface area contributed by atoms with Crippen molar-refractivity contribution in [3.05, 3.63) is 65.2 Å². The van der Waals surface area contributed by atoms with E-state index < -0.39 is 0 Å². The predicted molar refractivity (Wildman–Crippen MR) is 116 cm³/mol. The molecular weight excluding hydrogens is 370 g/mol. The molecule has 6 heteroatoms. The molecule has 1 saturated heterocycles. The van der Waals surface area contributed by atoms with Crippen molar-refractivity contribution >= 4 is 29.1 Å². The summed E-state index contributed by atoms with van der Waals surface area (Å²) in [5, 5.41) is 11.5. The van der Waals surface area contributed by atoms with Crippen LogP contribution in [0.25, 0.3) is 0 Å². The number of unbranched alkanes of at least 4 members (excludes halogenated alkanes) is 1. The molecule has 1 aliphatic rings. The van der Waals surface area contributed by atoms with Gasteiger partial charge in [-0.05, 0) is 37.5 Å². The molecule has 3 rings (SSSR count). The molecule has 0 radical (unpaired) electrons. The molecule has 1 amide bonds. The van der Waals surface area contributed by atoms with Crippen LogP contribution in [0.4, 0.5) is 0 Å². The summed E-state index contributed by atoms with van der Waals surface area (Å²) in [6.45, 7) is 4.87. The summed E-state index contributed by atoms with van der Waals surface area (Å²) >= 11 is 1.42. The lowest BCUT2D eigenvalue weighted by Gasteiger charge is -2.07. The number of nitrogens with zero attached hydrogens (tertiary/aromatic N) is 2. The Morgan fingerprint density at radius 3 is 2.89 bits per heavy atom. The first-order valence-electron chi connectivity index (χ1n) is 9.51. The molecule has 0 spiro atoms. The van der Waals surface area contributed by atoms with E-state index in [4.69, 9.17) is 4.74 Å². The van der Waals surface area contributed by atoms with Crippen LogP contribution in [0.2, 0.25) is 0 Å². The molecule has 2 aromatic rings. The highest BCUT2D eigenvalue weighted by molar-refractivity contribution is 8.15. The number of carbonyl (C=O) groups excluding carboxylic acids is 1. The van der Waals surface area contributed by atoms with E-state index >= 15 is 0 Å². The Morgan fingerprint density at radius 2 is 2.07 bits per heavy atom. The largest absolute Gasteiger partial charge is 0.493 e. The Balaban J connectivity index is 1.61. The lowest BCUT2D eigenvalue weighted by molar-refractivity contribution is -0.118. The highest BCUT2D eigenvalue weighted by atomic mass is 32.2. The first-order chi connectivity index (χ1) is 13.7. The van der Waals surface area contributed by atoms with Gasteiger partial charge in [0, 0.05) is 5.56 Å². The molecular formula is C22H25N3O2S. The lowest BCUT2D eigenvalue weighted by Crippen LogP contribution is -2.25. The molecule has 146 valence electrons. The first kappa shape index (κ1) is 20.1. The van der Waals surface area contributed by atoms with Gasteiger partial charge in [0.15, 0.2) is 5.17 Å². The van der Waals surface area contributed by atoms with Crippen molar-refractivity contribution in [3.63, 3.8) is 0 Å². The Labute approximate surface area is 170 Å². The summed E-state index contributed by atoms with van der Waals surface area (Å²) < 4.78 is 5.80. The Kier molecular flexibility index (Phi) is 7.25. The number of aryl methyl sites for hydroxylation is 1. The van der Waals surface area contributed by atoms with Gasteiger partial charge in [-0.15, -0.1) is 5.10 Å². The van der Waals surface area contributed by atoms with Gasteiger partial charge in [0.2, 0.25) is 5.91 Å². The molecule has 1 atom stereocenters. The van der Waals surface area contributed by atoms with Crippen molar-refractivity contribution in [2.75, 3.05) is 6.61 Å². The van der Waals surface area contributed by atoms with Gasteiger partial charge in [-0.3, -0.25) is 4.79 Å². The monoisotopic (exact) mass is 395 g/mol. The maximum absolute atomic E-state index is 12.2. The molecule has 1 unspecified atom stereocenters. The third kappa shape index (κ3) is 5.70. The van der Waals surface area contributed by atoms with E-state index in [1.54, 1.807) is 6.21 Å². The van der Waals surface area contributed by atoms with Crippen molar-refractivity contribution in [2.45, 2.75) is 38.4 Å². The van der Waals surface area contributed by atoms with Gasteiger partial charge >= 0.3 is 0 Å². The summed E-state index contributed by atoms with van der Waals surface area (Å²) in [5.74, 6) is 0.768. The van der Waals surface area contributed by atoms with Crippen LogP contribution in [0, 0.1) is 6.92 Å². The molecule has 2 aromatic carbocycles. The van der Waals surface area contributed by atoms with Crippen molar-refractivity contribution in [2.24, 2.45) is 10.2 Å². The summed E-state index contributed by atoms with van der Waals surface area (Å²) in [4.78, 5) is 12.2. The number of hydrogen-bond donors (Lipinski definition) is 1. The maximum Gasteiger partial charge on any atom is 0.239 e. The van der Waals surface area contributed by atoms with E-state index in [2.05, 4.69) is 41.5 Å². The smallest absolute Gasteiger partial charge is 0.239 e. The van der Waals surface area contributed by atoms with Crippen molar-refractivity contribution in [1.82, 2.24) is 5.32 Å². The van der Waals surface area contributed by atoms with Crippen LogP contribution in [0.5, 0.6) is 5.75 Å². The molecule has 0 saturated carbocycles. The zero-order valence-corrected chi connectivity index (χ0v) is 17.0. The fourth-order valence-corrected chi connectivity index (χ4v) is 3.79. The minimum Gasteiger partial charge on any atom is -0.493 e. The quantitative estimate of drug-likeness (QED) is 0.411. The second kappa shape index (κ2) is 10.1. The lowest BCUT2D eigenvalue weighted by atomic mass is 10.1. The Bertz CT molecular complexity index is 880. The van der Waals surface area contributed by atoms with Gasteiger partial charge in [-0.25, -0.2) is 0 Å². The van der Waals surface area contributed by atoms with E-state index in [1.807, 2.05) is 36.4 Å². The normalized spacial score (nSPS) is 18.0. The first-order valence-corrected chi connectivity index (χ1v) is 10.4. The number of thioether (sulfide) groups is 1. The topological polar surface area (TPSA) is 63.1 Å². The van der Waals surface area contributed by atoms with Crippen molar-refractivity contribution < 1.29 is 9.53 Å². The summed E-state index contributed by atoms with van der Waals surface area (Å²) in [6, 6.07) is 16.0. The second-order valence-corrected chi connectivity index (χ2v) is 7.87. The number of benzene rings is 2. The highest BCUT2D eigenvalue weighted by Crippen LogP contribution is 2.24. The standard InChI is InChI=1S/C22H25N3O2S/c1-3-4-12-27-19-11-6-5-10-18(19)15-23-25-22-24-21(26)20(28-22)14-17-9-7-8-16(2)13-17/h5-11,13,15,20H,3-4,12,14H2,1-2H3,(H,24,25,26)/b23-15+. The molecule has 0 aromatic heterocycles. The molecule has 1 fully saturated rings. The summed E-state index contributed by atoms with van der Waals surface area (Å²) in [5.41, 5.74) is 3.21. The molecule has 1 aliphatic heterocycles. The van der Waals surface area contributed by atoms with Crippen LogP contribution in [-0.2, 0) is 11.2 Å². The van der Waals surface area contributed by atoms with Crippen molar-refractivity contribution in [1.29, 1.82) is 0 Å². The van der Waals surface area contributed by atoms with Gasteiger partial charge in [-0.2, -0.15) is 5.10 Å². The number of rotatable bonds is 8. The van der Waals surface area contributed by atoms with Crippen molar-refractivity contribution in [3.8, 4) is 5.75 Å². The van der Waals surface area contributed by atoms with E-state index in [1.165, 1.54) is 17.3 Å². The molecule has 1 heterocycles. The number of nitrogens with one attached hydrogen (secondary N) is 1. The van der Waals surface area contributed by atoms with Gasteiger partial charge in [0.05, 0.1) is 18.1 Å². The van der Waals surface area contributed by atoms with Gasteiger partial charge in [-0.1, -0.05) is 67.1 Å². The minimum atomic E-state index is -0.180. The fraction of sp³-hybridized carbons (Fsp3) is 0.318. The number of hydrogen-bond acceptors (Lipinski definition) is 5. The van der Waals surface area contributed by atoms with E-state index in [0.717, 1.165) is 29.7 Å². The number of carbonyl (C=O) groups is 1. The highest BCUT2D eigenvalue weighted by Gasteiger charge is 2.30. The third-order valence-corrected chi connectivity index (χ3v) is 5.37. The Hall–Kier alpha value is -2.60. The molecule has 28 heavy (non-hydrogen) atoms. The molecule has 5 nitrogen and oxygen atoms in total. The number of amidine groups is 1. The fourth-order valence-electron chi connectivity index (χ4n) is 2.83. The van der Waals surface area contributed by atoms with Gasteiger partial charge in [0.1, 0.15) is 5.75 Å². The van der Waals surface area contributed by atoms with Gasteiger partial charge in [0.25, 0.3) is 0 Å². The maximum atomic E-state index is 12.2. The summed E-state index contributed by atoms with van der Waals surface area (Å²) in [6.07, 6.45) is 4.44. The van der Waals surface area contributed by atoms with Crippen LogP contribution in [0.3, 0.4) is 0 Å².